The number of amides is 2. The zero-order valence-corrected chi connectivity index (χ0v) is 11.2. The van der Waals surface area contributed by atoms with Crippen molar-refractivity contribution in [2.24, 2.45) is 0 Å². The van der Waals surface area contributed by atoms with Crippen LogP contribution in [0.5, 0.6) is 0 Å². The zero-order chi connectivity index (χ0) is 15.9. The van der Waals surface area contributed by atoms with Crippen molar-refractivity contribution in [3.05, 3.63) is 71.6 Å². The average Bonchev–Trinajstić information content (AvgIpc) is 2.50. The molecule has 1 aromatic heterocycles. The number of hydrazine groups is 1. The summed E-state index contributed by atoms with van der Waals surface area (Å²) in [6.07, 6.45) is 5.14. The molecule has 112 valence electrons. The Morgan fingerprint density at radius 2 is 1.64 bits per heavy atom. The van der Waals surface area contributed by atoms with E-state index in [1.165, 1.54) is 30.6 Å². The van der Waals surface area contributed by atoms with Gasteiger partial charge >= 0.3 is 0 Å². The Balaban J connectivity index is 1.90. The Hall–Kier alpha value is -3.09. The van der Waals surface area contributed by atoms with Crippen LogP contribution in [0.25, 0.3) is 6.08 Å². The summed E-state index contributed by atoms with van der Waals surface area (Å²) in [5.74, 6) is -2.65. The lowest BCUT2D eigenvalue weighted by Crippen LogP contribution is -2.40. The molecule has 2 rings (SSSR count). The molecular weight excluding hydrogens is 292 g/mol. The highest BCUT2D eigenvalue weighted by Crippen LogP contribution is 2.09. The first kappa shape index (κ1) is 15.3. The zero-order valence-electron chi connectivity index (χ0n) is 11.2. The van der Waals surface area contributed by atoms with Crippen LogP contribution < -0.4 is 10.9 Å². The van der Waals surface area contributed by atoms with E-state index >= 15 is 0 Å². The third-order valence-electron chi connectivity index (χ3n) is 2.55. The number of benzene rings is 1. The molecule has 0 saturated carbocycles. The Bertz CT molecular complexity index is 698. The Kier molecular flexibility index (Phi) is 4.92. The molecule has 22 heavy (non-hydrogen) atoms. The van der Waals surface area contributed by atoms with Gasteiger partial charge in [-0.3, -0.25) is 25.4 Å². The van der Waals surface area contributed by atoms with E-state index in [0.29, 0.717) is 5.56 Å². The van der Waals surface area contributed by atoms with Crippen molar-refractivity contribution in [1.29, 1.82) is 0 Å². The smallest absolute Gasteiger partial charge is 0.268 e. The molecule has 2 N–H and O–H groups in total. The van der Waals surface area contributed by atoms with Crippen LogP contribution in [-0.2, 0) is 4.79 Å². The predicted octanol–water partition coefficient (Wildman–Crippen LogP) is 1.83. The molecule has 0 aliphatic rings. The highest BCUT2D eigenvalue weighted by Gasteiger charge is 2.05. The lowest BCUT2D eigenvalue weighted by atomic mass is 10.2. The van der Waals surface area contributed by atoms with Crippen molar-refractivity contribution in [3.8, 4) is 0 Å². The van der Waals surface area contributed by atoms with Gasteiger partial charge in [-0.05, 0) is 35.9 Å². The normalized spacial score (nSPS) is 10.5. The van der Waals surface area contributed by atoms with Crippen LogP contribution in [0.15, 0.2) is 48.8 Å². The van der Waals surface area contributed by atoms with Gasteiger partial charge in [0.1, 0.15) is 11.6 Å². The summed E-state index contributed by atoms with van der Waals surface area (Å²) in [6, 6.07) is 5.83. The Labute approximate surface area is 124 Å². The first-order valence-corrected chi connectivity index (χ1v) is 6.19. The number of rotatable bonds is 3. The topological polar surface area (TPSA) is 71.1 Å². The monoisotopic (exact) mass is 303 g/mol. The second kappa shape index (κ2) is 7.07. The van der Waals surface area contributed by atoms with Crippen LogP contribution in [0.4, 0.5) is 8.78 Å². The fourth-order valence-corrected chi connectivity index (χ4v) is 1.58. The summed E-state index contributed by atoms with van der Waals surface area (Å²) >= 11 is 0. The fourth-order valence-electron chi connectivity index (χ4n) is 1.58. The fraction of sp³-hybridized carbons (Fsp3) is 0. The number of halogens is 2. The molecule has 1 aromatic carbocycles. The van der Waals surface area contributed by atoms with Crippen LogP contribution in [0.1, 0.15) is 15.9 Å². The molecule has 1 heterocycles. The molecule has 0 radical (unpaired) electrons. The van der Waals surface area contributed by atoms with Gasteiger partial charge in [-0.1, -0.05) is 0 Å². The Morgan fingerprint density at radius 1 is 1.00 bits per heavy atom. The number of pyridine rings is 1. The quantitative estimate of drug-likeness (QED) is 0.671. The summed E-state index contributed by atoms with van der Waals surface area (Å²) < 4.78 is 25.9. The maximum atomic E-state index is 13.0. The highest BCUT2D eigenvalue weighted by atomic mass is 19.1. The van der Waals surface area contributed by atoms with Crippen LogP contribution in [0.3, 0.4) is 0 Å². The molecule has 0 aliphatic carbocycles. The van der Waals surface area contributed by atoms with Crippen LogP contribution in [0.2, 0.25) is 0 Å². The van der Waals surface area contributed by atoms with Gasteiger partial charge < -0.3 is 0 Å². The van der Waals surface area contributed by atoms with Crippen molar-refractivity contribution < 1.29 is 18.4 Å². The van der Waals surface area contributed by atoms with E-state index in [2.05, 4.69) is 15.8 Å². The van der Waals surface area contributed by atoms with Crippen molar-refractivity contribution >= 4 is 17.9 Å². The van der Waals surface area contributed by atoms with Gasteiger partial charge in [0, 0.05) is 30.1 Å². The number of carbonyl (C=O) groups excluding carboxylic acids is 2. The first-order chi connectivity index (χ1) is 10.5. The summed E-state index contributed by atoms with van der Waals surface area (Å²) in [5, 5.41) is 0. The van der Waals surface area contributed by atoms with Crippen molar-refractivity contribution in [1.82, 2.24) is 15.8 Å². The third kappa shape index (κ3) is 4.48. The highest BCUT2D eigenvalue weighted by molar-refractivity contribution is 5.97. The number of hydrogen-bond donors (Lipinski definition) is 2. The molecule has 2 amide bonds. The molecule has 0 atom stereocenters. The predicted molar refractivity (Wildman–Crippen MR) is 75.2 cm³/mol. The molecule has 2 aromatic rings. The lowest BCUT2D eigenvalue weighted by Gasteiger charge is -2.04. The van der Waals surface area contributed by atoms with E-state index in [9.17, 15) is 18.4 Å². The number of nitrogens with one attached hydrogen (secondary N) is 2. The molecule has 0 fully saturated rings. The van der Waals surface area contributed by atoms with E-state index in [1.807, 2.05) is 0 Å². The van der Waals surface area contributed by atoms with E-state index < -0.39 is 23.4 Å². The Morgan fingerprint density at radius 3 is 2.27 bits per heavy atom. The second-order valence-corrected chi connectivity index (χ2v) is 4.22. The van der Waals surface area contributed by atoms with Crippen molar-refractivity contribution in [3.63, 3.8) is 0 Å². The molecule has 0 saturated heterocycles. The summed E-state index contributed by atoms with van der Waals surface area (Å²) in [5.41, 5.74) is 4.85. The van der Waals surface area contributed by atoms with Crippen LogP contribution >= 0.6 is 0 Å². The largest absolute Gasteiger partial charge is 0.269 e. The molecule has 0 bridgehead atoms. The van der Waals surface area contributed by atoms with Crippen molar-refractivity contribution in [2.45, 2.75) is 0 Å². The first-order valence-electron chi connectivity index (χ1n) is 6.19. The van der Waals surface area contributed by atoms with Crippen LogP contribution in [0, 0.1) is 11.6 Å². The summed E-state index contributed by atoms with van der Waals surface area (Å²) in [4.78, 5) is 26.9. The van der Waals surface area contributed by atoms with Gasteiger partial charge in [0.25, 0.3) is 11.8 Å². The minimum Gasteiger partial charge on any atom is -0.268 e. The standard InChI is InChI=1S/C15H11F2N3O2/c16-12-7-10(8-13(17)9-12)1-2-14(21)19-20-15(22)11-3-5-18-6-4-11/h1-9H,(H,19,21)(H,20,22)/b2-1+. The maximum Gasteiger partial charge on any atom is 0.269 e. The number of nitrogens with zero attached hydrogens (tertiary/aromatic N) is 1. The van der Waals surface area contributed by atoms with E-state index in [1.54, 1.807) is 0 Å². The number of aromatic nitrogens is 1. The van der Waals surface area contributed by atoms with E-state index in [4.69, 9.17) is 0 Å². The molecular formula is C15H11F2N3O2. The molecule has 0 aliphatic heterocycles. The minimum atomic E-state index is -0.744. The van der Waals surface area contributed by atoms with Gasteiger partial charge in [-0.15, -0.1) is 0 Å². The number of carbonyl (C=O) groups is 2. The average molecular weight is 303 g/mol. The second-order valence-electron chi connectivity index (χ2n) is 4.22. The minimum absolute atomic E-state index is 0.188. The summed E-state index contributed by atoms with van der Waals surface area (Å²) in [6.45, 7) is 0. The third-order valence-corrected chi connectivity index (χ3v) is 2.55. The maximum absolute atomic E-state index is 13.0. The van der Waals surface area contributed by atoms with E-state index in [-0.39, 0.29) is 5.56 Å². The lowest BCUT2D eigenvalue weighted by molar-refractivity contribution is -0.117. The van der Waals surface area contributed by atoms with Gasteiger partial charge in [-0.25, -0.2) is 8.78 Å². The SMILES string of the molecule is O=C(/C=C/c1cc(F)cc(F)c1)NNC(=O)c1ccncc1. The summed E-state index contributed by atoms with van der Waals surface area (Å²) in [7, 11) is 0. The van der Waals surface area contributed by atoms with Crippen molar-refractivity contribution in [2.75, 3.05) is 0 Å². The van der Waals surface area contributed by atoms with Crippen LogP contribution in [-0.4, -0.2) is 16.8 Å². The molecule has 0 spiro atoms. The van der Waals surface area contributed by atoms with Gasteiger partial charge in [0.15, 0.2) is 0 Å². The van der Waals surface area contributed by atoms with Gasteiger partial charge in [-0.2, -0.15) is 0 Å². The molecule has 5 nitrogen and oxygen atoms in total. The molecule has 0 unspecified atom stereocenters. The van der Waals surface area contributed by atoms with E-state index in [0.717, 1.165) is 24.3 Å². The van der Waals surface area contributed by atoms with Gasteiger partial charge in [0.05, 0.1) is 0 Å². The van der Waals surface area contributed by atoms with Gasteiger partial charge in [0.2, 0.25) is 0 Å². The number of hydrogen-bond acceptors (Lipinski definition) is 3. The molecule has 7 heteroatoms.